The fourth-order valence-electron chi connectivity index (χ4n) is 3.91. The molecular weight excluding hydrogens is 497 g/mol. The number of aromatic nitrogens is 1. The number of anilines is 1. The molecule has 0 saturated heterocycles. The van der Waals surface area contributed by atoms with Crippen molar-refractivity contribution in [3.8, 4) is 11.5 Å². The van der Waals surface area contributed by atoms with E-state index in [2.05, 4.69) is 20.9 Å². The van der Waals surface area contributed by atoms with Crippen LogP contribution in [0.2, 0.25) is 0 Å². The number of benzene rings is 2. The maximum atomic E-state index is 13.3. The highest BCUT2D eigenvalue weighted by atomic mass is 19.4. The van der Waals surface area contributed by atoms with Crippen molar-refractivity contribution in [3.05, 3.63) is 107 Å². The van der Waals surface area contributed by atoms with E-state index in [0.29, 0.717) is 17.1 Å². The molecule has 0 atom stereocenters. The van der Waals surface area contributed by atoms with Gasteiger partial charge in [-0.3, -0.25) is 9.78 Å². The van der Waals surface area contributed by atoms with Crippen molar-refractivity contribution in [3.63, 3.8) is 0 Å². The lowest BCUT2D eigenvalue weighted by atomic mass is 9.97. The molecule has 0 saturated carbocycles. The van der Waals surface area contributed by atoms with E-state index in [-0.39, 0.29) is 29.8 Å². The van der Waals surface area contributed by atoms with Crippen molar-refractivity contribution < 1.29 is 27.5 Å². The van der Waals surface area contributed by atoms with Crippen LogP contribution in [0.25, 0.3) is 0 Å². The molecule has 1 heterocycles. The lowest BCUT2D eigenvalue weighted by Crippen LogP contribution is -2.29. The normalized spacial score (nSPS) is 12.9. The molecule has 1 aromatic heterocycles. The van der Waals surface area contributed by atoms with Crippen LogP contribution < -0.4 is 20.7 Å². The van der Waals surface area contributed by atoms with Crippen LogP contribution in [0.3, 0.4) is 0 Å². The summed E-state index contributed by atoms with van der Waals surface area (Å²) in [6.45, 7) is 1.97. The second kappa shape index (κ2) is 11.2. The zero-order chi connectivity index (χ0) is 27.3. The Balaban J connectivity index is 1.42. The first kappa shape index (κ1) is 26.5. The van der Waals surface area contributed by atoms with E-state index < -0.39 is 17.8 Å². The molecule has 0 radical (unpaired) electrons. The second-order valence-electron chi connectivity index (χ2n) is 8.56. The summed E-state index contributed by atoms with van der Waals surface area (Å²) in [4.78, 5) is 28.4. The third-order valence-electron chi connectivity index (χ3n) is 5.85. The van der Waals surface area contributed by atoms with Crippen molar-refractivity contribution in [2.45, 2.75) is 25.6 Å². The SMILES string of the molecule is CNC(=O)c1cc(Oc2ccc(CNC(=O)Nc3cc(C(F)(F)F)ccc3C3C=CC=C3)cc2C)ccn1. The van der Waals surface area contributed by atoms with Crippen molar-refractivity contribution in [1.82, 2.24) is 15.6 Å². The molecular formula is C28H25F3N4O3. The van der Waals surface area contributed by atoms with Gasteiger partial charge in [0.15, 0.2) is 0 Å². The van der Waals surface area contributed by atoms with Crippen LogP contribution in [0.15, 0.2) is 79.0 Å². The van der Waals surface area contributed by atoms with E-state index in [1.165, 1.54) is 25.4 Å². The first-order chi connectivity index (χ1) is 18.1. The average Bonchev–Trinajstić information content (AvgIpc) is 3.43. The Kier molecular flexibility index (Phi) is 7.80. The van der Waals surface area contributed by atoms with E-state index in [1.54, 1.807) is 30.4 Å². The first-order valence-corrected chi connectivity index (χ1v) is 11.7. The number of nitrogens with zero attached hydrogens (tertiary/aromatic N) is 1. The monoisotopic (exact) mass is 522 g/mol. The predicted octanol–water partition coefficient (Wildman–Crippen LogP) is 6.09. The third kappa shape index (κ3) is 6.39. The molecule has 4 rings (SSSR count). The average molecular weight is 523 g/mol. The molecule has 3 N–H and O–H groups in total. The lowest BCUT2D eigenvalue weighted by Gasteiger charge is -2.17. The molecule has 0 aliphatic heterocycles. The number of alkyl halides is 3. The maximum Gasteiger partial charge on any atom is 0.416 e. The van der Waals surface area contributed by atoms with Crippen LogP contribution in [-0.4, -0.2) is 24.0 Å². The van der Waals surface area contributed by atoms with Crippen molar-refractivity contribution in [2.75, 3.05) is 12.4 Å². The number of halogens is 3. The van der Waals surface area contributed by atoms with Gasteiger partial charge in [-0.15, -0.1) is 0 Å². The van der Waals surface area contributed by atoms with Gasteiger partial charge < -0.3 is 20.7 Å². The highest BCUT2D eigenvalue weighted by Crippen LogP contribution is 2.36. The summed E-state index contributed by atoms with van der Waals surface area (Å²) in [5, 5.41) is 7.76. The molecule has 2 aromatic carbocycles. The van der Waals surface area contributed by atoms with Gasteiger partial charge >= 0.3 is 12.2 Å². The quantitative estimate of drug-likeness (QED) is 0.350. The first-order valence-electron chi connectivity index (χ1n) is 11.7. The number of hydrogen-bond acceptors (Lipinski definition) is 4. The Morgan fingerprint density at radius 1 is 1.03 bits per heavy atom. The van der Waals surface area contributed by atoms with E-state index >= 15 is 0 Å². The summed E-state index contributed by atoms with van der Waals surface area (Å²) >= 11 is 0. The minimum absolute atomic E-state index is 0.0897. The van der Waals surface area contributed by atoms with Gasteiger partial charge in [-0.25, -0.2) is 4.79 Å². The molecule has 10 heteroatoms. The smallest absolute Gasteiger partial charge is 0.416 e. The summed E-state index contributed by atoms with van der Waals surface area (Å²) in [7, 11) is 1.51. The van der Waals surface area contributed by atoms with Crippen LogP contribution >= 0.6 is 0 Å². The van der Waals surface area contributed by atoms with Crippen molar-refractivity contribution in [2.24, 2.45) is 0 Å². The van der Waals surface area contributed by atoms with Gasteiger partial charge in [0.2, 0.25) is 0 Å². The predicted molar refractivity (Wildman–Crippen MR) is 137 cm³/mol. The second-order valence-corrected chi connectivity index (χ2v) is 8.56. The number of urea groups is 1. The van der Waals surface area contributed by atoms with Crippen LogP contribution in [0.1, 0.15) is 38.7 Å². The zero-order valence-corrected chi connectivity index (χ0v) is 20.6. The third-order valence-corrected chi connectivity index (χ3v) is 5.85. The lowest BCUT2D eigenvalue weighted by molar-refractivity contribution is -0.137. The Morgan fingerprint density at radius 3 is 2.47 bits per heavy atom. The number of allylic oxidation sites excluding steroid dienone is 4. The summed E-state index contributed by atoms with van der Waals surface area (Å²) < 4.78 is 45.7. The minimum atomic E-state index is -4.53. The van der Waals surface area contributed by atoms with Gasteiger partial charge in [0.25, 0.3) is 5.91 Å². The van der Waals surface area contributed by atoms with Gasteiger partial charge in [-0.1, -0.05) is 42.5 Å². The highest BCUT2D eigenvalue weighted by Gasteiger charge is 2.31. The van der Waals surface area contributed by atoms with Crippen molar-refractivity contribution in [1.29, 1.82) is 0 Å². The number of rotatable bonds is 7. The zero-order valence-electron chi connectivity index (χ0n) is 20.6. The Labute approximate surface area is 217 Å². The van der Waals surface area contributed by atoms with Crippen molar-refractivity contribution >= 4 is 17.6 Å². The standard InChI is InChI=1S/C28H25F3N4O3/c1-17-13-18(7-10-25(17)38-21-11-12-33-24(15-21)26(36)32-2)16-34-27(37)35-23-14-20(28(29,30)31)8-9-22(23)19-5-3-4-6-19/h3-15,19H,16H2,1-2H3,(H,32,36)(H2,34,35,37). The summed E-state index contributed by atoms with van der Waals surface area (Å²) in [6, 6.07) is 11.2. The van der Waals surface area contributed by atoms with Crippen LogP contribution in [0.5, 0.6) is 11.5 Å². The molecule has 196 valence electrons. The van der Waals surface area contributed by atoms with E-state index in [0.717, 1.165) is 23.3 Å². The minimum Gasteiger partial charge on any atom is -0.457 e. The molecule has 38 heavy (non-hydrogen) atoms. The summed E-state index contributed by atoms with van der Waals surface area (Å²) in [5.41, 5.74) is 1.57. The molecule has 7 nitrogen and oxygen atoms in total. The highest BCUT2D eigenvalue weighted by molar-refractivity contribution is 5.92. The topological polar surface area (TPSA) is 92.4 Å². The Morgan fingerprint density at radius 2 is 1.79 bits per heavy atom. The van der Waals surface area contributed by atoms with Crippen LogP contribution in [0, 0.1) is 6.92 Å². The molecule has 0 unspecified atom stereocenters. The van der Waals surface area contributed by atoms with E-state index in [9.17, 15) is 22.8 Å². The number of carbonyl (C=O) groups is 2. The number of pyridine rings is 1. The number of ether oxygens (including phenoxy) is 1. The molecule has 0 bridgehead atoms. The summed E-state index contributed by atoms with van der Waals surface area (Å²) in [6.07, 6.45) is 4.22. The fourth-order valence-corrected chi connectivity index (χ4v) is 3.91. The molecule has 1 aliphatic carbocycles. The Bertz CT molecular complexity index is 1400. The van der Waals surface area contributed by atoms with Crippen LogP contribution in [-0.2, 0) is 12.7 Å². The van der Waals surface area contributed by atoms with Gasteiger partial charge in [0.05, 0.1) is 5.56 Å². The van der Waals surface area contributed by atoms with Crippen LogP contribution in [0.4, 0.5) is 23.7 Å². The number of carbonyl (C=O) groups excluding carboxylic acids is 2. The fraction of sp³-hybridized carbons (Fsp3) is 0.179. The van der Waals surface area contributed by atoms with Gasteiger partial charge in [0.1, 0.15) is 17.2 Å². The van der Waals surface area contributed by atoms with Gasteiger partial charge in [-0.05, 0) is 47.9 Å². The van der Waals surface area contributed by atoms with Gasteiger partial charge in [-0.2, -0.15) is 13.2 Å². The molecule has 0 fully saturated rings. The largest absolute Gasteiger partial charge is 0.457 e. The van der Waals surface area contributed by atoms with E-state index in [4.69, 9.17) is 4.74 Å². The maximum absolute atomic E-state index is 13.3. The number of hydrogen-bond donors (Lipinski definition) is 3. The molecule has 1 aliphatic rings. The Hall–Kier alpha value is -4.60. The number of amides is 3. The molecule has 3 amide bonds. The number of aryl methyl sites for hydroxylation is 1. The van der Waals surface area contributed by atoms with Gasteiger partial charge in [0, 0.05) is 37.5 Å². The molecule has 3 aromatic rings. The summed E-state index contributed by atoms with van der Waals surface area (Å²) in [5.74, 6) is 0.435. The number of nitrogens with one attached hydrogen (secondary N) is 3. The van der Waals surface area contributed by atoms with E-state index in [1.807, 2.05) is 25.1 Å². The molecule has 0 spiro atoms.